The number of carboxylic acid groups (broad SMARTS) is 1. The van der Waals surface area contributed by atoms with Gasteiger partial charge in [-0.3, -0.25) is 4.68 Å². The number of hydrogen-bond acceptors (Lipinski definition) is 3. The topological polar surface area (TPSA) is 58.4 Å². The molecule has 1 N–H and O–H groups in total. The summed E-state index contributed by atoms with van der Waals surface area (Å²) in [6.07, 6.45) is 3.67. The average Bonchev–Trinajstić information content (AvgIpc) is 2.58. The Morgan fingerprint density at radius 3 is 2.88 bits per heavy atom. The fourth-order valence-electron chi connectivity index (χ4n) is 1.59. The summed E-state index contributed by atoms with van der Waals surface area (Å²) < 4.78 is 1.63. The predicted molar refractivity (Wildman–Crippen MR) is 61.4 cm³/mol. The second-order valence-electron chi connectivity index (χ2n) is 4.03. The van der Waals surface area contributed by atoms with Crippen molar-refractivity contribution in [3.63, 3.8) is 0 Å². The zero-order valence-electron chi connectivity index (χ0n) is 10.1. The van der Waals surface area contributed by atoms with Crippen LogP contribution in [0.1, 0.15) is 35.8 Å². The van der Waals surface area contributed by atoms with E-state index in [1.807, 2.05) is 7.05 Å². The Balaban J connectivity index is 2.71. The summed E-state index contributed by atoms with van der Waals surface area (Å²) in [6, 6.07) is 0. The van der Waals surface area contributed by atoms with Gasteiger partial charge >= 0.3 is 5.97 Å². The van der Waals surface area contributed by atoms with E-state index in [2.05, 4.69) is 16.9 Å². The Hall–Kier alpha value is -1.36. The van der Waals surface area contributed by atoms with Crippen LogP contribution < -0.4 is 0 Å². The quantitative estimate of drug-likeness (QED) is 0.794. The molecule has 0 aromatic carbocycles. The maximum atomic E-state index is 11.0. The van der Waals surface area contributed by atoms with E-state index in [0.29, 0.717) is 12.1 Å². The lowest BCUT2D eigenvalue weighted by Gasteiger charge is -2.16. The van der Waals surface area contributed by atoms with Gasteiger partial charge in [0.1, 0.15) is 5.56 Å². The first-order valence-corrected chi connectivity index (χ1v) is 5.49. The van der Waals surface area contributed by atoms with Crippen molar-refractivity contribution in [2.45, 2.75) is 26.3 Å². The largest absolute Gasteiger partial charge is 0.478 e. The molecule has 5 heteroatoms. The molecule has 0 saturated heterocycles. The molecule has 16 heavy (non-hydrogen) atoms. The molecule has 1 aromatic heterocycles. The average molecular weight is 225 g/mol. The number of rotatable bonds is 6. The number of carboxylic acids is 1. The van der Waals surface area contributed by atoms with Crippen LogP contribution in [0.15, 0.2) is 6.20 Å². The van der Waals surface area contributed by atoms with Crippen LogP contribution in [0.3, 0.4) is 0 Å². The highest BCUT2D eigenvalue weighted by Crippen LogP contribution is 2.10. The molecular weight excluding hydrogens is 206 g/mol. The van der Waals surface area contributed by atoms with Crippen LogP contribution in [0.25, 0.3) is 0 Å². The van der Waals surface area contributed by atoms with E-state index >= 15 is 0 Å². The summed E-state index contributed by atoms with van der Waals surface area (Å²) in [5.74, 6) is -0.910. The molecule has 1 heterocycles. The van der Waals surface area contributed by atoms with Gasteiger partial charge in [-0.05, 0) is 20.0 Å². The van der Waals surface area contributed by atoms with Crippen molar-refractivity contribution in [3.05, 3.63) is 17.5 Å². The summed E-state index contributed by atoms with van der Waals surface area (Å²) in [5.41, 5.74) is 1.05. The minimum absolute atomic E-state index is 0.297. The third kappa shape index (κ3) is 3.06. The lowest BCUT2D eigenvalue weighted by molar-refractivity contribution is 0.0694. The van der Waals surface area contributed by atoms with E-state index in [0.717, 1.165) is 25.1 Å². The van der Waals surface area contributed by atoms with E-state index in [9.17, 15) is 4.79 Å². The highest BCUT2D eigenvalue weighted by atomic mass is 16.4. The van der Waals surface area contributed by atoms with Gasteiger partial charge in [-0.1, -0.05) is 13.3 Å². The standard InChI is InChI=1S/C11H19N3O2/c1-4-5-6-13(2)8-10-9(11(15)16)7-12-14(10)3/h7H,4-6,8H2,1-3H3,(H,15,16). The molecule has 1 aromatic rings. The second-order valence-corrected chi connectivity index (χ2v) is 4.03. The Kier molecular flexibility index (Phi) is 4.49. The van der Waals surface area contributed by atoms with Crippen LogP contribution in [0, 0.1) is 0 Å². The number of aromatic nitrogens is 2. The van der Waals surface area contributed by atoms with Gasteiger partial charge in [-0.2, -0.15) is 5.10 Å². The van der Waals surface area contributed by atoms with E-state index in [4.69, 9.17) is 5.11 Å². The monoisotopic (exact) mass is 225 g/mol. The highest BCUT2D eigenvalue weighted by Gasteiger charge is 2.15. The van der Waals surface area contributed by atoms with Crippen LogP contribution in [0.4, 0.5) is 0 Å². The predicted octanol–water partition coefficient (Wildman–Crippen LogP) is 1.35. The normalized spacial score (nSPS) is 11.0. The summed E-state index contributed by atoms with van der Waals surface area (Å²) in [6.45, 7) is 3.74. The van der Waals surface area contributed by atoms with Crippen LogP contribution in [-0.4, -0.2) is 39.3 Å². The first kappa shape index (κ1) is 12.7. The van der Waals surface area contributed by atoms with Gasteiger partial charge in [0.15, 0.2) is 0 Å². The maximum Gasteiger partial charge on any atom is 0.339 e. The number of aromatic carboxylic acids is 1. The van der Waals surface area contributed by atoms with E-state index in [1.54, 1.807) is 11.7 Å². The Morgan fingerprint density at radius 1 is 1.62 bits per heavy atom. The fraction of sp³-hybridized carbons (Fsp3) is 0.636. The molecule has 0 aliphatic heterocycles. The van der Waals surface area contributed by atoms with Crippen LogP contribution in [-0.2, 0) is 13.6 Å². The number of carbonyl (C=O) groups is 1. The number of hydrogen-bond donors (Lipinski definition) is 1. The molecule has 0 aliphatic carbocycles. The van der Waals surface area contributed by atoms with E-state index in [1.165, 1.54) is 6.20 Å². The minimum atomic E-state index is -0.910. The van der Waals surface area contributed by atoms with Crippen molar-refractivity contribution in [1.29, 1.82) is 0 Å². The van der Waals surface area contributed by atoms with Crippen molar-refractivity contribution in [3.8, 4) is 0 Å². The molecule has 0 aliphatic rings. The lowest BCUT2D eigenvalue weighted by atomic mass is 10.2. The van der Waals surface area contributed by atoms with Gasteiger partial charge < -0.3 is 10.0 Å². The summed E-state index contributed by atoms with van der Waals surface area (Å²) in [4.78, 5) is 13.1. The van der Waals surface area contributed by atoms with Crippen LogP contribution in [0.5, 0.6) is 0 Å². The van der Waals surface area contributed by atoms with Gasteiger partial charge in [0.25, 0.3) is 0 Å². The minimum Gasteiger partial charge on any atom is -0.478 e. The maximum absolute atomic E-state index is 11.0. The van der Waals surface area contributed by atoms with Crippen LogP contribution in [0.2, 0.25) is 0 Å². The Labute approximate surface area is 95.7 Å². The lowest BCUT2D eigenvalue weighted by Crippen LogP contribution is -2.22. The first-order valence-electron chi connectivity index (χ1n) is 5.49. The summed E-state index contributed by atoms with van der Waals surface area (Å²) in [7, 11) is 3.77. The molecular formula is C11H19N3O2. The summed E-state index contributed by atoms with van der Waals surface area (Å²) >= 11 is 0. The van der Waals surface area contributed by atoms with Gasteiger partial charge in [0.2, 0.25) is 0 Å². The molecule has 5 nitrogen and oxygen atoms in total. The first-order chi connectivity index (χ1) is 7.56. The van der Waals surface area contributed by atoms with E-state index in [-0.39, 0.29) is 0 Å². The highest BCUT2D eigenvalue weighted by molar-refractivity contribution is 5.88. The molecule has 0 radical (unpaired) electrons. The molecule has 0 fully saturated rings. The Morgan fingerprint density at radius 2 is 2.31 bits per heavy atom. The van der Waals surface area contributed by atoms with Crippen molar-refractivity contribution >= 4 is 5.97 Å². The van der Waals surface area contributed by atoms with E-state index < -0.39 is 5.97 Å². The second kappa shape index (κ2) is 5.65. The number of aryl methyl sites for hydroxylation is 1. The van der Waals surface area contributed by atoms with Gasteiger partial charge in [-0.15, -0.1) is 0 Å². The van der Waals surface area contributed by atoms with Crippen molar-refractivity contribution in [2.75, 3.05) is 13.6 Å². The van der Waals surface area contributed by atoms with Crippen molar-refractivity contribution < 1.29 is 9.90 Å². The fourth-order valence-corrected chi connectivity index (χ4v) is 1.59. The smallest absolute Gasteiger partial charge is 0.339 e. The third-order valence-corrected chi connectivity index (χ3v) is 2.61. The Bertz CT molecular complexity index is 360. The molecule has 0 saturated carbocycles. The van der Waals surface area contributed by atoms with Crippen molar-refractivity contribution in [2.24, 2.45) is 7.05 Å². The third-order valence-electron chi connectivity index (χ3n) is 2.61. The van der Waals surface area contributed by atoms with Crippen LogP contribution >= 0.6 is 0 Å². The summed E-state index contributed by atoms with van der Waals surface area (Å²) in [5, 5.41) is 13.0. The van der Waals surface area contributed by atoms with Gasteiger partial charge in [0, 0.05) is 13.6 Å². The molecule has 0 amide bonds. The molecule has 0 bridgehead atoms. The molecule has 0 atom stereocenters. The zero-order chi connectivity index (χ0) is 12.1. The number of unbranched alkanes of at least 4 members (excludes halogenated alkanes) is 1. The van der Waals surface area contributed by atoms with Crippen molar-refractivity contribution in [1.82, 2.24) is 14.7 Å². The van der Waals surface area contributed by atoms with Gasteiger partial charge in [0.05, 0.1) is 11.9 Å². The molecule has 0 spiro atoms. The molecule has 0 unspecified atom stereocenters. The number of nitrogens with zero attached hydrogens (tertiary/aromatic N) is 3. The molecule has 1 rings (SSSR count). The molecule has 90 valence electrons. The SMILES string of the molecule is CCCCN(C)Cc1c(C(=O)O)cnn1C. The zero-order valence-corrected chi connectivity index (χ0v) is 10.1. The van der Waals surface area contributed by atoms with Gasteiger partial charge in [-0.25, -0.2) is 4.79 Å².